The number of fused-ring (bicyclic) bond motifs is 2. The van der Waals surface area contributed by atoms with Crippen LogP contribution in [-0.4, -0.2) is 70.0 Å². The molecular formula is C25H29ClN8O. The summed E-state index contributed by atoms with van der Waals surface area (Å²) in [4.78, 5) is 23.3. The van der Waals surface area contributed by atoms with E-state index < -0.39 is 0 Å². The number of ether oxygens (including phenoxy) is 1. The van der Waals surface area contributed by atoms with E-state index in [1.54, 1.807) is 6.20 Å². The predicted molar refractivity (Wildman–Crippen MR) is 138 cm³/mol. The smallest absolute Gasteiger partial charge is 0.202 e. The molecule has 9 nitrogen and oxygen atoms in total. The fourth-order valence-corrected chi connectivity index (χ4v) is 5.73. The Morgan fingerprint density at radius 3 is 2.66 bits per heavy atom. The van der Waals surface area contributed by atoms with Gasteiger partial charge in [0.15, 0.2) is 5.82 Å². The highest BCUT2D eigenvalue weighted by molar-refractivity contribution is 6.38. The van der Waals surface area contributed by atoms with E-state index in [4.69, 9.17) is 31.3 Å². The molecule has 6 rings (SSSR count). The van der Waals surface area contributed by atoms with Crippen LogP contribution < -0.4 is 9.80 Å². The maximum atomic E-state index is 6.84. The lowest BCUT2D eigenvalue weighted by Gasteiger charge is -2.39. The highest BCUT2D eigenvalue weighted by atomic mass is 35.5. The first-order chi connectivity index (χ1) is 16.8. The van der Waals surface area contributed by atoms with Crippen molar-refractivity contribution in [1.82, 2.24) is 30.1 Å². The molecule has 1 aromatic carbocycles. The van der Waals surface area contributed by atoms with Crippen molar-refractivity contribution >= 4 is 45.4 Å². The van der Waals surface area contributed by atoms with Gasteiger partial charge in [0.25, 0.3) is 0 Å². The van der Waals surface area contributed by atoms with Gasteiger partial charge in [-0.05, 0) is 50.7 Å². The quantitative estimate of drug-likeness (QED) is 0.450. The van der Waals surface area contributed by atoms with E-state index in [0.717, 1.165) is 73.1 Å². The number of hydrogen-bond donors (Lipinski definition) is 1. The Hall–Kier alpha value is -3.04. The number of aromatic amines is 1. The summed E-state index contributed by atoms with van der Waals surface area (Å²) >= 11 is 6.84. The highest BCUT2D eigenvalue weighted by Crippen LogP contribution is 2.43. The van der Waals surface area contributed by atoms with Crippen LogP contribution in [0.5, 0.6) is 0 Å². The number of nitrogens with zero attached hydrogens (tertiary/aromatic N) is 7. The molecule has 4 aromatic rings. The van der Waals surface area contributed by atoms with Gasteiger partial charge in [0, 0.05) is 32.7 Å². The van der Waals surface area contributed by atoms with Gasteiger partial charge in [0.2, 0.25) is 5.65 Å². The average molecular weight is 493 g/mol. The molecule has 0 unspecified atom stereocenters. The molecule has 1 N–H and O–H groups in total. The van der Waals surface area contributed by atoms with Crippen molar-refractivity contribution in [2.75, 3.05) is 43.6 Å². The summed E-state index contributed by atoms with van der Waals surface area (Å²) in [5.74, 6) is 1.65. The average Bonchev–Trinajstić information content (AvgIpc) is 3.42. The summed E-state index contributed by atoms with van der Waals surface area (Å²) in [7, 11) is 3.85. The largest absolute Gasteiger partial charge is 0.378 e. The molecule has 0 amide bonds. The third-order valence-corrected chi connectivity index (χ3v) is 7.81. The summed E-state index contributed by atoms with van der Waals surface area (Å²) in [6.07, 6.45) is 5.49. The van der Waals surface area contributed by atoms with Crippen LogP contribution in [-0.2, 0) is 4.74 Å². The number of H-pyrrole nitrogens is 1. The maximum absolute atomic E-state index is 6.84. The summed E-state index contributed by atoms with van der Waals surface area (Å²) in [6.45, 7) is 6.98. The zero-order valence-corrected chi connectivity index (χ0v) is 21.2. The minimum Gasteiger partial charge on any atom is -0.378 e. The second-order valence-electron chi connectivity index (χ2n) is 10.1. The van der Waals surface area contributed by atoms with Crippen LogP contribution in [0.25, 0.3) is 33.5 Å². The normalized spacial score (nSPS) is 19.8. The van der Waals surface area contributed by atoms with Crippen LogP contribution in [0.3, 0.4) is 0 Å². The molecule has 0 saturated carbocycles. The van der Waals surface area contributed by atoms with Gasteiger partial charge in [0.1, 0.15) is 16.9 Å². The molecule has 1 spiro atoms. The van der Waals surface area contributed by atoms with Crippen molar-refractivity contribution in [3.63, 3.8) is 0 Å². The number of piperidine rings is 1. The predicted octanol–water partition coefficient (Wildman–Crippen LogP) is 4.39. The number of hydrogen-bond acceptors (Lipinski definition) is 8. The number of rotatable bonds is 3. The first-order valence-corrected chi connectivity index (χ1v) is 12.4. The van der Waals surface area contributed by atoms with Crippen molar-refractivity contribution in [1.29, 1.82) is 0 Å². The molecule has 2 aliphatic heterocycles. The lowest BCUT2D eigenvalue weighted by Crippen LogP contribution is -2.41. The second-order valence-corrected chi connectivity index (χ2v) is 10.5. The van der Waals surface area contributed by atoms with Crippen LogP contribution >= 0.6 is 11.6 Å². The van der Waals surface area contributed by atoms with Gasteiger partial charge in [0.05, 0.1) is 40.8 Å². The zero-order chi connectivity index (χ0) is 24.3. The molecule has 0 radical (unpaired) electrons. The number of aryl methyl sites for hydroxylation is 1. The number of benzene rings is 1. The van der Waals surface area contributed by atoms with Crippen molar-refractivity contribution in [2.45, 2.75) is 39.2 Å². The van der Waals surface area contributed by atoms with E-state index in [1.165, 1.54) is 0 Å². The Morgan fingerprint density at radius 2 is 1.94 bits per heavy atom. The number of aromatic nitrogens is 6. The van der Waals surface area contributed by atoms with Crippen molar-refractivity contribution in [3.8, 4) is 11.3 Å². The fraction of sp³-hybridized carbons (Fsp3) is 0.480. The molecule has 182 valence electrons. The first kappa shape index (κ1) is 22.4. The first-order valence-electron chi connectivity index (χ1n) is 12.1. The van der Waals surface area contributed by atoms with Crippen LogP contribution in [0.2, 0.25) is 5.02 Å². The van der Waals surface area contributed by atoms with Crippen molar-refractivity contribution in [2.24, 2.45) is 5.41 Å². The van der Waals surface area contributed by atoms with E-state index in [0.29, 0.717) is 33.2 Å². The molecule has 0 aliphatic carbocycles. The van der Waals surface area contributed by atoms with Crippen molar-refractivity contribution < 1.29 is 4.74 Å². The number of anilines is 2. The Labute approximate surface area is 208 Å². The summed E-state index contributed by atoms with van der Waals surface area (Å²) in [5.41, 5.74) is 5.40. The summed E-state index contributed by atoms with van der Waals surface area (Å²) < 4.78 is 5.89. The summed E-state index contributed by atoms with van der Waals surface area (Å²) in [6, 6.07) is 3.85. The minimum atomic E-state index is 0.322. The third-order valence-electron chi connectivity index (χ3n) is 7.42. The van der Waals surface area contributed by atoms with Crippen LogP contribution in [0.1, 0.15) is 31.9 Å². The topological polar surface area (TPSA) is 96.0 Å². The number of halogens is 1. The van der Waals surface area contributed by atoms with E-state index in [1.807, 2.05) is 38.1 Å². The molecule has 10 heteroatoms. The van der Waals surface area contributed by atoms with Gasteiger partial charge in [-0.3, -0.25) is 10.1 Å². The Balaban J connectivity index is 1.34. The van der Waals surface area contributed by atoms with E-state index in [9.17, 15) is 0 Å². The Morgan fingerprint density at radius 1 is 1.14 bits per heavy atom. The molecule has 0 bridgehead atoms. The van der Waals surface area contributed by atoms with Gasteiger partial charge >= 0.3 is 0 Å². The lowest BCUT2D eigenvalue weighted by molar-refractivity contribution is 0.0976. The third kappa shape index (κ3) is 3.77. The van der Waals surface area contributed by atoms with Gasteiger partial charge < -0.3 is 14.5 Å². The van der Waals surface area contributed by atoms with Crippen LogP contribution in [0.4, 0.5) is 11.6 Å². The molecule has 1 atom stereocenters. The highest BCUT2D eigenvalue weighted by Gasteiger charge is 2.41. The van der Waals surface area contributed by atoms with Gasteiger partial charge in [-0.1, -0.05) is 11.6 Å². The number of nitrogens with one attached hydrogen (secondary N) is 1. The molecule has 2 fully saturated rings. The zero-order valence-electron chi connectivity index (χ0n) is 20.5. The molecule has 35 heavy (non-hydrogen) atoms. The molecule has 2 saturated heterocycles. The SMILES string of the molecule is Cc1nc2c(-c3ccc4ncc(N(C)C)nc4c3Cl)[nH]nc2nc1N1CCC2(CC1)CO[C@@H](C)C2. The van der Waals surface area contributed by atoms with Gasteiger partial charge in [-0.15, -0.1) is 0 Å². The monoisotopic (exact) mass is 492 g/mol. The van der Waals surface area contributed by atoms with Crippen molar-refractivity contribution in [3.05, 3.63) is 29.0 Å². The second kappa shape index (κ2) is 8.27. The van der Waals surface area contributed by atoms with E-state index in [-0.39, 0.29) is 0 Å². The van der Waals surface area contributed by atoms with Gasteiger partial charge in [-0.25, -0.2) is 15.0 Å². The standard InChI is InChI=1S/C25H29ClN8O/c1-14-11-25(13-35-14)7-9-34(10-8-25)24-15(2)28-22-20(31-32-23(22)30-24)16-5-6-17-21(19(16)26)29-18(12-27-17)33(3)4/h5-6,12,14H,7-11,13H2,1-4H3,(H,30,31,32)/t14-/m0/s1. The minimum absolute atomic E-state index is 0.322. The maximum Gasteiger partial charge on any atom is 0.202 e. The molecular weight excluding hydrogens is 464 g/mol. The molecule has 5 heterocycles. The van der Waals surface area contributed by atoms with Crippen LogP contribution in [0.15, 0.2) is 18.3 Å². The van der Waals surface area contributed by atoms with E-state index in [2.05, 4.69) is 27.0 Å². The Kier molecular flexibility index (Phi) is 5.30. The molecule has 3 aromatic heterocycles. The molecule has 2 aliphatic rings. The van der Waals surface area contributed by atoms with Gasteiger partial charge in [-0.2, -0.15) is 5.10 Å². The Bertz CT molecular complexity index is 1430. The summed E-state index contributed by atoms with van der Waals surface area (Å²) in [5, 5.41) is 8.13. The van der Waals surface area contributed by atoms with E-state index >= 15 is 0 Å². The van der Waals surface area contributed by atoms with Crippen LogP contribution in [0, 0.1) is 12.3 Å². The fourth-order valence-electron chi connectivity index (χ4n) is 5.43. The lowest BCUT2D eigenvalue weighted by atomic mass is 9.77.